The first kappa shape index (κ1) is 18.6. The van der Waals surface area contributed by atoms with Crippen LogP contribution in [-0.2, 0) is 9.59 Å². The van der Waals surface area contributed by atoms with Gasteiger partial charge in [-0.05, 0) is 51.8 Å². The first-order valence-electron chi connectivity index (χ1n) is 8.01. The first-order valence-corrected chi connectivity index (χ1v) is 8.80. The average molecular weight is 427 g/mol. The smallest absolute Gasteiger partial charge is 0.335 e. The van der Waals surface area contributed by atoms with Gasteiger partial charge in [-0.3, -0.25) is 14.9 Å². The lowest BCUT2D eigenvalue weighted by Gasteiger charge is -2.26. The molecule has 0 aliphatic carbocycles. The third-order valence-corrected chi connectivity index (χ3v) is 4.36. The molecular formula is C20H15BrN2O4. The molecule has 1 heterocycles. The summed E-state index contributed by atoms with van der Waals surface area (Å²) < 4.78 is 6.14. The van der Waals surface area contributed by atoms with Crippen molar-refractivity contribution < 1.29 is 19.1 Å². The van der Waals surface area contributed by atoms with Crippen LogP contribution in [0.2, 0.25) is 0 Å². The molecule has 2 aromatic rings. The molecule has 0 spiro atoms. The minimum atomic E-state index is -0.775. The number of para-hydroxylation sites is 1. The Morgan fingerprint density at radius 1 is 1.11 bits per heavy atom. The predicted octanol–water partition coefficient (Wildman–Crippen LogP) is 3.68. The maximum atomic E-state index is 12.8. The normalized spacial score (nSPS) is 15.7. The lowest BCUT2D eigenvalue weighted by molar-refractivity contribution is -0.122. The lowest BCUT2D eigenvalue weighted by Crippen LogP contribution is -2.54. The highest BCUT2D eigenvalue weighted by Crippen LogP contribution is 2.28. The van der Waals surface area contributed by atoms with Gasteiger partial charge < -0.3 is 4.74 Å². The molecule has 3 rings (SSSR count). The van der Waals surface area contributed by atoms with Crippen LogP contribution < -0.4 is 15.0 Å². The van der Waals surface area contributed by atoms with Crippen molar-refractivity contribution in [3.8, 4) is 5.75 Å². The van der Waals surface area contributed by atoms with E-state index >= 15 is 0 Å². The molecule has 1 N–H and O–H groups in total. The maximum Gasteiger partial charge on any atom is 0.335 e. The summed E-state index contributed by atoms with van der Waals surface area (Å²) >= 11 is 3.39. The number of nitrogens with zero attached hydrogens (tertiary/aromatic N) is 1. The van der Waals surface area contributed by atoms with Crippen molar-refractivity contribution in [2.45, 2.75) is 0 Å². The number of carbonyl (C=O) groups is 3. The van der Waals surface area contributed by atoms with Crippen LogP contribution in [0.5, 0.6) is 5.75 Å². The van der Waals surface area contributed by atoms with E-state index in [1.165, 1.54) is 6.08 Å². The summed E-state index contributed by atoms with van der Waals surface area (Å²) in [4.78, 5) is 38.0. The zero-order chi connectivity index (χ0) is 19.4. The van der Waals surface area contributed by atoms with E-state index in [1.54, 1.807) is 54.6 Å². The van der Waals surface area contributed by atoms with Crippen LogP contribution in [0.1, 0.15) is 5.56 Å². The number of anilines is 1. The summed E-state index contributed by atoms with van der Waals surface area (Å²) in [6, 6.07) is 12.8. The van der Waals surface area contributed by atoms with Crippen molar-refractivity contribution in [3.63, 3.8) is 0 Å². The molecule has 1 aliphatic heterocycles. The van der Waals surface area contributed by atoms with E-state index in [9.17, 15) is 14.4 Å². The molecule has 0 radical (unpaired) electrons. The molecule has 0 bridgehead atoms. The summed E-state index contributed by atoms with van der Waals surface area (Å²) in [5, 5.41) is 2.19. The number of nitrogens with one attached hydrogen (secondary N) is 1. The highest BCUT2D eigenvalue weighted by atomic mass is 79.9. The monoisotopic (exact) mass is 426 g/mol. The van der Waals surface area contributed by atoms with E-state index in [0.717, 1.165) is 4.90 Å². The second-order valence-corrected chi connectivity index (χ2v) is 6.44. The van der Waals surface area contributed by atoms with Crippen LogP contribution >= 0.6 is 15.9 Å². The number of carbonyl (C=O) groups excluding carboxylic acids is 3. The van der Waals surface area contributed by atoms with Crippen molar-refractivity contribution in [2.24, 2.45) is 0 Å². The van der Waals surface area contributed by atoms with Crippen molar-refractivity contribution in [1.82, 2.24) is 5.32 Å². The Balaban J connectivity index is 1.93. The minimum Gasteiger partial charge on any atom is -0.488 e. The zero-order valence-corrected chi connectivity index (χ0v) is 15.7. The molecule has 136 valence electrons. The van der Waals surface area contributed by atoms with E-state index in [-0.39, 0.29) is 5.57 Å². The molecule has 4 amide bonds. The molecule has 27 heavy (non-hydrogen) atoms. The third-order valence-electron chi connectivity index (χ3n) is 3.74. The zero-order valence-electron chi connectivity index (χ0n) is 14.1. The predicted molar refractivity (Wildman–Crippen MR) is 105 cm³/mol. The van der Waals surface area contributed by atoms with E-state index in [1.807, 2.05) is 0 Å². The van der Waals surface area contributed by atoms with E-state index in [2.05, 4.69) is 27.8 Å². The fourth-order valence-corrected chi connectivity index (χ4v) is 3.02. The SMILES string of the molecule is C=CCOc1ccc(/C=C2\C(=O)NC(=O)N(c3ccccc3)C2=O)cc1Br. The standard InChI is InChI=1S/C20H15BrN2O4/c1-2-10-27-17-9-8-13(12-16(17)21)11-15-18(24)22-20(26)23(19(15)25)14-6-4-3-5-7-14/h2-9,11-12H,1,10H2,(H,22,24,26)/b15-11+. The van der Waals surface area contributed by atoms with Crippen LogP contribution in [0.25, 0.3) is 6.08 Å². The first-order chi connectivity index (χ1) is 13.0. The molecular weight excluding hydrogens is 412 g/mol. The Hall–Kier alpha value is -3.19. The Kier molecular flexibility index (Phi) is 5.52. The number of urea groups is 1. The fraction of sp³-hybridized carbons (Fsp3) is 0.0500. The highest BCUT2D eigenvalue weighted by molar-refractivity contribution is 9.10. The lowest BCUT2D eigenvalue weighted by atomic mass is 10.1. The number of barbiturate groups is 1. The summed E-state index contributed by atoms with van der Waals surface area (Å²) in [6.07, 6.45) is 3.06. The second kappa shape index (κ2) is 8.01. The molecule has 0 unspecified atom stereocenters. The van der Waals surface area contributed by atoms with Crippen LogP contribution in [0.3, 0.4) is 0 Å². The number of hydrogen-bond donors (Lipinski definition) is 1. The molecule has 0 aromatic heterocycles. The molecule has 1 aliphatic rings. The Labute approximate surface area is 164 Å². The van der Waals surface area contributed by atoms with Gasteiger partial charge in [0.2, 0.25) is 0 Å². The molecule has 1 fully saturated rings. The summed E-state index contributed by atoms with van der Waals surface area (Å²) in [5.41, 5.74) is 0.853. The Bertz CT molecular complexity index is 954. The van der Waals surface area contributed by atoms with E-state index < -0.39 is 17.8 Å². The van der Waals surface area contributed by atoms with Gasteiger partial charge in [-0.25, -0.2) is 9.69 Å². The van der Waals surface area contributed by atoms with Crippen LogP contribution in [-0.4, -0.2) is 24.5 Å². The van der Waals surface area contributed by atoms with Gasteiger partial charge in [0.25, 0.3) is 11.8 Å². The largest absolute Gasteiger partial charge is 0.488 e. The van der Waals surface area contributed by atoms with Crippen LogP contribution in [0, 0.1) is 0 Å². The van der Waals surface area contributed by atoms with Crippen molar-refractivity contribution in [2.75, 3.05) is 11.5 Å². The second-order valence-electron chi connectivity index (χ2n) is 5.58. The van der Waals surface area contributed by atoms with Gasteiger partial charge in [0.1, 0.15) is 17.9 Å². The summed E-state index contributed by atoms with van der Waals surface area (Å²) in [6.45, 7) is 3.95. The van der Waals surface area contributed by atoms with Gasteiger partial charge >= 0.3 is 6.03 Å². The van der Waals surface area contributed by atoms with Gasteiger partial charge in [-0.1, -0.05) is 36.9 Å². The highest BCUT2D eigenvalue weighted by Gasteiger charge is 2.36. The quantitative estimate of drug-likeness (QED) is 0.449. The average Bonchev–Trinajstić information content (AvgIpc) is 2.65. The number of hydrogen-bond acceptors (Lipinski definition) is 4. The Morgan fingerprint density at radius 2 is 1.85 bits per heavy atom. The van der Waals surface area contributed by atoms with E-state index in [0.29, 0.717) is 28.1 Å². The van der Waals surface area contributed by atoms with Crippen molar-refractivity contribution >= 4 is 45.5 Å². The number of ether oxygens (including phenoxy) is 1. The number of benzene rings is 2. The van der Waals surface area contributed by atoms with Crippen molar-refractivity contribution in [1.29, 1.82) is 0 Å². The van der Waals surface area contributed by atoms with Gasteiger partial charge in [0.05, 0.1) is 10.2 Å². The van der Waals surface area contributed by atoms with Gasteiger partial charge in [0, 0.05) is 0 Å². The van der Waals surface area contributed by atoms with E-state index in [4.69, 9.17) is 4.74 Å². The number of rotatable bonds is 5. The third kappa shape index (κ3) is 3.98. The minimum absolute atomic E-state index is 0.134. The molecule has 1 saturated heterocycles. The molecule has 7 heteroatoms. The fourth-order valence-electron chi connectivity index (χ4n) is 2.51. The number of imide groups is 2. The summed E-state index contributed by atoms with van der Waals surface area (Å²) in [7, 11) is 0. The molecule has 2 aromatic carbocycles. The Morgan fingerprint density at radius 3 is 2.52 bits per heavy atom. The van der Waals surface area contributed by atoms with Crippen molar-refractivity contribution in [3.05, 3.63) is 76.8 Å². The number of halogens is 1. The van der Waals surface area contributed by atoms with Crippen LogP contribution in [0.15, 0.2) is 71.2 Å². The molecule has 0 saturated carbocycles. The van der Waals surface area contributed by atoms with Gasteiger partial charge in [-0.2, -0.15) is 0 Å². The van der Waals surface area contributed by atoms with Gasteiger partial charge in [-0.15, -0.1) is 0 Å². The molecule has 6 nitrogen and oxygen atoms in total. The van der Waals surface area contributed by atoms with Crippen LogP contribution in [0.4, 0.5) is 10.5 Å². The van der Waals surface area contributed by atoms with Gasteiger partial charge in [0.15, 0.2) is 0 Å². The summed E-state index contributed by atoms with van der Waals surface area (Å²) in [5.74, 6) is -0.809. The molecule has 0 atom stereocenters. The maximum absolute atomic E-state index is 12.8. The number of amides is 4. The topological polar surface area (TPSA) is 75.7 Å².